The molecule has 1 aliphatic heterocycles. The number of benzene rings is 2. The van der Waals surface area contributed by atoms with Gasteiger partial charge < -0.3 is 15.4 Å². The Hall–Kier alpha value is -4.20. The summed E-state index contributed by atoms with van der Waals surface area (Å²) in [5.74, 6) is -0.360. The molecule has 0 aliphatic carbocycles. The maximum absolute atomic E-state index is 13.1. The lowest BCUT2D eigenvalue weighted by Gasteiger charge is -2.30. The molecule has 1 aliphatic rings. The van der Waals surface area contributed by atoms with Gasteiger partial charge in [-0.25, -0.2) is 9.78 Å². The molecule has 2 N–H and O–H groups in total. The molecule has 0 unspecified atom stereocenters. The summed E-state index contributed by atoms with van der Waals surface area (Å²) in [6, 6.07) is 18.5. The Morgan fingerprint density at radius 2 is 1.79 bits per heavy atom. The van der Waals surface area contributed by atoms with E-state index >= 15 is 0 Å². The fourth-order valence-electron chi connectivity index (χ4n) is 2.85. The average Bonchev–Trinajstić information content (AvgIpc) is 2.76. The molecule has 0 saturated heterocycles. The summed E-state index contributed by atoms with van der Waals surface area (Å²) in [6.07, 6.45) is 2.67. The minimum absolute atomic E-state index is 0.0700. The van der Waals surface area contributed by atoms with Crippen LogP contribution in [0.1, 0.15) is 0 Å². The summed E-state index contributed by atoms with van der Waals surface area (Å²) in [5, 5.41) is 6.04. The van der Waals surface area contributed by atoms with Crippen LogP contribution < -0.4 is 15.5 Å². The lowest BCUT2D eigenvalue weighted by atomic mass is 10.2. The van der Waals surface area contributed by atoms with Crippen LogP contribution in [0, 0.1) is 0 Å². The number of aromatic nitrogens is 2. The van der Waals surface area contributed by atoms with Crippen LogP contribution in [-0.4, -0.2) is 29.0 Å². The van der Waals surface area contributed by atoms with Crippen LogP contribution in [0.4, 0.5) is 28.8 Å². The highest BCUT2D eigenvalue weighted by Gasteiger charge is 2.32. The number of esters is 1. The normalized spacial score (nSPS) is 14.2. The van der Waals surface area contributed by atoms with E-state index in [1.807, 2.05) is 48.5 Å². The molecule has 8 heteroatoms. The zero-order chi connectivity index (χ0) is 20.2. The third-order valence-corrected chi connectivity index (χ3v) is 4.19. The zero-order valence-corrected chi connectivity index (χ0v) is 15.5. The van der Waals surface area contributed by atoms with Gasteiger partial charge in [0, 0.05) is 5.69 Å². The number of amides is 1. The summed E-state index contributed by atoms with van der Waals surface area (Å²) in [7, 11) is 1.25. The van der Waals surface area contributed by atoms with Crippen molar-refractivity contribution in [3.8, 4) is 0 Å². The number of hydrogen-bond donors (Lipinski definition) is 2. The number of fused-ring (bicyclic) bond motifs is 1. The van der Waals surface area contributed by atoms with Gasteiger partial charge >= 0.3 is 5.97 Å². The number of para-hydroxylation sites is 2. The van der Waals surface area contributed by atoms with Crippen molar-refractivity contribution in [3.63, 3.8) is 0 Å². The van der Waals surface area contributed by atoms with E-state index in [0.29, 0.717) is 23.1 Å². The number of nitrogens with one attached hydrogen (secondary N) is 2. The molecule has 0 radical (unpaired) electrons. The van der Waals surface area contributed by atoms with Crippen LogP contribution in [0.2, 0.25) is 0 Å². The quantitative estimate of drug-likeness (QED) is 0.523. The van der Waals surface area contributed by atoms with E-state index in [-0.39, 0.29) is 5.70 Å². The first kappa shape index (κ1) is 18.2. The number of nitrogens with zero attached hydrogens (tertiary/aromatic N) is 3. The maximum Gasteiger partial charge on any atom is 0.332 e. The molecule has 0 bridgehead atoms. The Morgan fingerprint density at radius 1 is 1.10 bits per heavy atom. The predicted molar refractivity (Wildman–Crippen MR) is 109 cm³/mol. The fourth-order valence-corrected chi connectivity index (χ4v) is 2.85. The Balaban J connectivity index is 1.78. The minimum atomic E-state index is -0.638. The van der Waals surface area contributed by atoms with Crippen molar-refractivity contribution in [1.82, 2.24) is 9.97 Å². The molecule has 0 fully saturated rings. The average molecular weight is 387 g/mol. The van der Waals surface area contributed by atoms with Gasteiger partial charge in [-0.05, 0) is 24.3 Å². The van der Waals surface area contributed by atoms with Crippen LogP contribution >= 0.6 is 0 Å². The predicted octanol–water partition coefficient (Wildman–Crippen LogP) is 3.37. The van der Waals surface area contributed by atoms with Crippen molar-refractivity contribution in [3.05, 3.63) is 78.6 Å². The monoisotopic (exact) mass is 387 g/mol. The van der Waals surface area contributed by atoms with E-state index in [1.165, 1.54) is 12.0 Å². The molecule has 1 aromatic heterocycles. The lowest BCUT2D eigenvalue weighted by molar-refractivity contribution is -0.135. The van der Waals surface area contributed by atoms with Crippen LogP contribution in [0.15, 0.2) is 78.6 Å². The molecule has 29 heavy (non-hydrogen) atoms. The Kier molecular flexibility index (Phi) is 4.90. The summed E-state index contributed by atoms with van der Waals surface area (Å²) < 4.78 is 4.65. The van der Waals surface area contributed by atoms with Crippen LogP contribution in [0.25, 0.3) is 0 Å². The lowest BCUT2D eigenvalue weighted by Crippen LogP contribution is -2.36. The smallest absolute Gasteiger partial charge is 0.332 e. The van der Waals surface area contributed by atoms with Crippen molar-refractivity contribution < 1.29 is 14.3 Å². The Morgan fingerprint density at radius 3 is 2.48 bits per heavy atom. The van der Waals surface area contributed by atoms with Gasteiger partial charge in [-0.3, -0.25) is 9.69 Å². The van der Waals surface area contributed by atoms with E-state index in [2.05, 4.69) is 25.3 Å². The maximum atomic E-state index is 13.1. The van der Waals surface area contributed by atoms with Crippen molar-refractivity contribution in [2.24, 2.45) is 0 Å². The first-order chi connectivity index (χ1) is 14.2. The molecule has 0 spiro atoms. The van der Waals surface area contributed by atoms with E-state index < -0.39 is 11.9 Å². The van der Waals surface area contributed by atoms with Crippen LogP contribution in [0.3, 0.4) is 0 Å². The standard InChI is InChI=1S/C21H17N5O3/c1-29-18(27)12-16-20(28)26(15-10-6-3-7-11-15)19-17(24-16)13-22-21(25-19)23-14-8-4-2-5-9-14/h2-13,24H,1H3,(H,22,23,25)/b16-12+. The van der Waals surface area contributed by atoms with Gasteiger partial charge in [-0.15, -0.1) is 0 Å². The minimum Gasteiger partial charge on any atom is -0.466 e. The molecule has 144 valence electrons. The largest absolute Gasteiger partial charge is 0.466 e. The Labute approximate surface area is 166 Å². The fraction of sp³-hybridized carbons (Fsp3) is 0.0476. The van der Waals surface area contributed by atoms with E-state index in [0.717, 1.165) is 11.8 Å². The first-order valence-corrected chi connectivity index (χ1v) is 8.81. The molecule has 4 rings (SSSR count). The highest BCUT2D eigenvalue weighted by Crippen LogP contribution is 2.36. The number of rotatable bonds is 4. The molecule has 3 aromatic rings. The molecule has 8 nitrogen and oxygen atoms in total. The number of anilines is 5. The third-order valence-electron chi connectivity index (χ3n) is 4.19. The molecular formula is C21H17N5O3. The van der Waals surface area contributed by atoms with Gasteiger partial charge in [0.25, 0.3) is 5.91 Å². The van der Waals surface area contributed by atoms with E-state index in [4.69, 9.17) is 0 Å². The van der Waals surface area contributed by atoms with Gasteiger partial charge in [-0.2, -0.15) is 4.98 Å². The molecule has 0 saturated carbocycles. The molecule has 2 heterocycles. The number of ether oxygens (including phenoxy) is 1. The van der Waals surface area contributed by atoms with E-state index in [9.17, 15) is 9.59 Å². The molecule has 1 amide bonds. The second kappa shape index (κ2) is 7.81. The molecule has 2 aromatic carbocycles. The molecule has 0 atom stereocenters. The highest BCUT2D eigenvalue weighted by atomic mass is 16.5. The summed E-state index contributed by atoms with van der Waals surface area (Å²) in [6.45, 7) is 0. The van der Waals surface area contributed by atoms with Crippen molar-refractivity contribution in [2.75, 3.05) is 22.6 Å². The number of hydrogen-bond acceptors (Lipinski definition) is 7. The summed E-state index contributed by atoms with van der Waals surface area (Å²) >= 11 is 0. The zero-order valence-electron chi connectivity index (χ0n) is 15.5. The first-order valence-electron chi connectivity index (χ1n) is 8.81. The third kappa shape index (κ3) is 3.77. The second-order valence-electron chi connectivity index (χ2n) is 6.10. The van der Waals surface area contributed by atoms with Gasteiger partial charge in [0.15, 0.2) is 5.82 Å². The topological polar surface area (TPSA) is 96.4 Å². The van der Waals surface area contributed by atoms with Crippen molar-refractivity contribution in [1.29, 1.82) is 0 Å². The highest BCUT2D eigenvalue weighted by molar-refractivity contribution is 6.17. The SMILES string of the molecule is COC(=O)/C=C1/Nc2cnc(Nc3ccccc3)nc2N(c2ccccc2)C1=O. The van der Waals surface area contributed by atoms with Gasteiger partial charge in [0.2, 0.25) is 5.95 Å². The second-order valence-corrected chi connectivity index (χ2v) is 6.10. The number of methoxy groups -OCH3 is 1. The van der Waals surface area contributed by atoms with Crippen molar-refractivity contribution >= 4 is 40.7 Å². The van der Waals surface area contributed by atoms with Crippen LogP contribution in [0.5, 0.6) is 0 Å². The molecular weight excluding hydrogens is 370 g/mol. The van der Waals surface area contributed by atoms with Crippen molar-refractivity contribution in [2.45, 2.75) is 0 Å². The summed E-state index contributed by atoms with van der Waals surface area (Å²) in [5.41, 5.74) is 1.99. The van der Waals surface area contributed by atoms with Gasteiger partial charge in [0.1, 0.15) is 11.4 Å². The Bertz CT molecular complexity index is 1080. The van der Waals surface area contributed by atoms with Gasteiger partial charge in [0.05, 0.1) is 25.1 Å². The van der Waals surface area contributed by atoms with E-state index in [1.54, 1.807) is 18.3 Å². The number of carbonyl (C=O) groups excluding carboxylic acids is 2. The number of carbonyl (C=O) groups is 2. The summed E-state index contributed by atoms with van der Waals surface area (Å²) in [4.78, 5) is 35.1. The van der Waals surface area contributed by atoms with Gasteiger partial charge in [-0.1, -0.05) is 36.4 Å². The van der Waals surface area contributed by atoms with Crippen LogP contribution in [-0.2, 0) is 14.3 Å².